The fourth-order valence-electron chi connectivity index (χ4n) is 0.989. The zero-order valence-electron chi connectivity index (χ0n) is 8.29. The van der Waals surface area contributed by atoms with E-state index in [2.05, 4.69) is 44.4 Å². The monoisotopic (exact) mass is 202 g/mol. The Bertz CT molecular complexity index is 219. The minimum absolute atomic E-state index is 0. The van der Waals surface area contributed by atoms with E-state index in [0.29, 0.717) is 5.92 Å². The molecule has 0 radical (unpaired) electrons. The minimum atomic E-state index is 0. The summed E-state index contributed by atoms with van der Waals surface area (Å²) in [6, 6.07) is 8.77. The van der Waals surface area contributed by atoms with E-state index in [1.165, 1.54) is 10.5 Å². The maximum atomic E-state index is 2.22. The van der Waals surface area contributed by atoms with E-state index < -0.39 is 0 Å². The normalized spacial score (nSPS) is 8.92. The highest BCUT2D eigenvalue weighted by Crippen LogP contribution is 2.19. The molecular formula is C10H18O2S. The SMILES string of the molecule is CSc1ccc(C(C)C)cc1.O.O. The van der Waals surface area contributed by atoms with Gasteiger partial charge in [0.1, 0.15) is 0 Å². The quantitative estimate of drug-likeness (QED) is 0.675. The molecule has 0 spiro atoms. The zero-order chi connectivity index (χ0) is 8.27. The first-order valence-electron chi connectivity index (χ1n) is 3.88. The Kier molecular flexibility index (Phi) is 8.01. The van der Waals surface area contributed by atoms with E-state index in [4.69, 9.17) is 0 Å². The van der Waals surface area contributed by atoms with Crippen molar-refractivity contribution < 1.29 is 11.0 Å². The van der Waals surface area contributed by atoms with Crippen LogP contribution in [0.3, 0.4) is 0 Å². The van der Waals surface area contributed by atoms with Crippen LogP contribution in [0.5, 0.6) is 0 Å². The number of benzene rings is 1. The Morgan fingerprint density at radius 3 is 1.77 bits per heavy atom. The van der Waals surface area contributed by atoms with E-state index in [0.717, 1.165) is 0 Å². The largest absolute Gasteiger partial charge is 0.412 e. The van der Waals surface area contributed by atoms with Crippen molar-refractivity contribution in [2.24, 2.45) is 0 Å². The van der Waals surface area contributed by atoms with Gasteiger partial charge in [-0.15, -0.1) is 11.8 Å². The van der Waals surface area contributed by atoms with Crippen LogP contribution in [0, 0.1) is 0 Å². The molecule has 4 N–H and O–H groups in total. The minimum Gasteiger partial charge on any atom is -0.412 e. The van der Waals surface area contributed by atoms with Gasteiger partial charge < -0.3 is 11.0 Å². The predicted octanol–water partition coefficient (Wildman–Crippen LogP) is 1.88. The van der Waals surface area contributed by atoms with Crippen LogP contribution in [0.15, 0.2) is 29.2 Å². The van der Waals surface area contributed by atoms with Crippen molar-refractivity contribution in [3.05, 3.63) is 29.8 Å². The van der Waals surface area contributed by atoms with Gasteiger partial charge in [-0.1, -0.05) is 26.0 Å². The summed E-state index contributed by atoms with van der Waals surface area (Å²) in [5.41, 5.74) is 1.42. The molecule has 0 saturated carbocycles. The van der Waals surface area contributed by atoms with Gasteiger partial charge >= 0.3 is 0 Å². The van der Waals surface area contributed by atoms with E-state index in [1.807, 2.05) is 0 Å². The molecule has 0 saturated heterocycles. The standard InChI is InChI=1S/C10H14S.2H2O/c1-8(2)9-4-6-10(11-3)7-5-9;;/h4-8H,1-3H3;2*1H2. The van der Waals surface area contributed by atoms with Gasteiger partial charge in [0.05, 0.1) is 0 Å². The molecule has 0 heterocycles. The summed E-state index contributed by atoms with van der Waals surface area (Å²) >= 11 is 1.79. The lowest BCUT2D eigenvalue weighted by Crippen LogP contribution is -1.85. The predicted molar refractivity (Wildman–Crippen MR) is 59.5 cm³/mol. The van der Waals surface area contributed by atoms with Crippen LogP contribution >= 0.6 is 11.8 Å². The van der Waals surface area contributed by atoms with Crippen molar-refractivity contribution in [2.45, 2.75) is 24.7 Å². The van der Waals surface area contributed by atoms with Crippen LogP contribution < -0.4 is 0 Å². The molecule has 0 aromatic heterocycles. The van der Waals surface area contributed by atoms with Gasteiger partial charge in [-0.2, -0.15) is 0 Å². The van der Waals surface area contributed by atoms with E-state index in [-0.39, 0.29) is 11.0 Å². The molecule has 1 aromatic rings. The molecular weight excluding hydrogens is 184 g/mol. The van der Waals surface area contributed by atoms with Crippen molar-refractivity contribution >= 4 is 11.8 Å². The van der Waals surface area contributed by atoms with Crippen LogP contribution in [-0.2, 0) is 0 Å². The summed E-state index contributed by atoms with van der Waals surface area (Å²) in [5, 5.41) is 0. The maximum Gasteiger partial charge on any atom is 0.00693 e. The number of rotatable bonds is 2. The molecule has 2 nitrogen and oxygen atoms in total. The summed E-state index contributed by atoms with van der Waals surface area (Å²) in [7, 11) is 0. The van der Waals surface area contributed by atoms with Crippen LogP contribution in [0.1, 0.15) is 25.3 Å². The average Bonchev–Trinajstić information content (AvgIpc) is 2.05. The molecule has 0 aliphatic heterocycles. The number of thioether (sulfide) groups is 1. The maximum absolute atomic E-state index is 2.22. The summed E-state index contributed by atoms with van der Waals surface area (Å²) < 4.78 is 0. The van der Waals surface area contributed by atoms with Crippen molar-refractivity contribution in [3.63, 3.8) is 0 Å². The Hall–Kier alpha value is -0.510. The Morgan fingerprint density at radius 1 is 1.00 bits per heavy atom. The van der Waals surface area contributed by atoms with Crippen molar-refractivity contribution in [3.8, 4) is 0 Å². The third kappa shape index (κ3) is 4.31. The molecule has 1 rings (SSSR count). The highest BCUT2D eigenvalue weighted by Gasteiger charge is 1.96. The fraction of sp³-hybridized carbons (Fsp3) is 0.400. The lowest BCUT2D eigenvalue weighted by atomic mass is 10.0. The molecule has 0 amide bonds. The van der Waals surface area contributed by atoms with Crippen LogP contribution in [0.4, 0.5) is 0 Å². The summed E-state index contributed by atoms with van der Waals surface area (Å²) in [5.74, 6) is 0.644. The highest BCUT2D eigenvalue weighted by molar-refractivity contribution is 7.98. The van der Waals surface area contributed by atoms with Gasteiger partial charge in [0.25, 0.3) is 0 Å². The van der Waals surface area contributed by atoms with Gasteiger partial charge in [0.2, 0.25) is 0 Å². The molecule has 0 fully saturated rings. The molecule has 1 aromatic carbocycles. The number of hydrogen-bond donors (Lipinski definition) is 0. The first-order valence-corrected chi connectivity index (χ1v) is 5.10. The van der Waals surface area contributed by atoms with Crippen molar-refractivity contribution in [2.75, 3.05) is 6.26 Å². The van der Waals surface area contributed by atoms with Gasteiger partial charge in [0.15, 0.2) is 0 Å². The van der Waals surface area contributed by atoms with Gasteiger partial charge in [0, 0.05) is 4.90 Å². The second kappa shape index (κ2) is 6.95. The van der Waals surface area contributed by atoms with Gasteiger partial charge in [-0.3, -0.25) is 0 Å². The first kappa shape index (κ1) is 15.0. The molecule has 0 aliphatic carbocycles. The second-order valence-electron chi connectivity index (χ2n) is 2.93. The molecule has 76 valence electrons. The summed E-state index contributed by atoms with van der Waals surface area (Å²) in [6.45, 7) is 4.43. The molecule has 0 unspecified atom stereocenters. The Morgan fingerprint density at radius 2 is 1.46 bits per heavy atom. The van der Waals surface area contributed by atoms with Crippen LogP contribution in [-0.4, -0.2) is 17.2 Å². The van der Waals surface area contributed by atoms with Crippen LogP contribution in [0.25, 0.3) is 0 Å². The Labute approximate surface area is 84.0 Å². The molecule has 13 heavy (non-hydrogen) atoms. The van der Waals surface area contributed by atoms with E-state index in [9.17, 15) is 0 Å². The Balaban J connectivity index is 0. The van der Waals surface area contributed by atoms with Crippen molar-refractivity contribution in [1.29, 1.82) is 0 Å². The molecule has 0 atom stereocenters. The lowest BCUT2D eigenvalue weighted by molar-refractivity contribution is 0.823. The molecule has 0 bridgehead atoms. The number of hydrogen-bond acceptors (Lipinski definition) is 1. The second-order valence-corrected chi connectivity index (χ2v) is 3.81. The highest BCUT2D eigenvalue weighted by atomic mass is 32.2. The van der Waals surface area contributed by atoms with E-state index in [1.54, 1.807) is 11.8 Å². The van der Waals surface area contributed by atoms with Gasteiger partial charge in [-0.05, 0) is 29.9 Å². The zero-order valence-corrected chi connectivity index (χ0v) is 9.11. The fourth-order valence-corrected chi connectivity index (χ4v) is 1.40. The molecule has 3 heteroatoms. The molecule has 0 aliphatic rings. The van der Waals surface area contributed by atoms with E-state index >= 15 is 0 Å². The van der Waals surface area contributed by atoms with Gasteiger partial charge in [-0.25, -0.2) is 0 Å². The first-order chi connectivity index (χ1) is 5.24. The smallest absolute Gasteiger partial charge is 0.00693 e. The van der Waals surface area contributed by atoms with Crippen LogP contribution in [0.2, 0.25) is 0 Å². The topological polar surface area (TPSA) is 63.0 Å². The third-order valence-corrected chi connectivity index (χ3v) is 2.53. The van der Waals surface area contributed by atoms with Crippen molar-refractivity contribution in [1.82, 2.24) is 0 Å². The summed E-state index contributed by atoms with van der Waals surface area (Å²) in [6.07, 6.45) is 2.10. The summed E-state index contributed by atoms with van der Waals surface area (Å²) in [4.78, 5) is 1.34. The lowest BCUT2D eigenvalue weighted by Gasteiger charge is -2.04. The third-order valence-electron chi connectivity index (χ3n) is 1.78. The average molecular weight is 202 g/mol.